The van der Waals surface area contributed by atoms with E-state index in [-0.39, 0.29) is 5.79 Å². The molecular weight excluding hydrogens is 200 g/mol. The van der Waals surface area contributed by atoms with Gasteiger partial charge in [0.05, 0.1) is 13.2 Å². The van der Waals surface area contributed by atoms with E-state index in [2.05, 4.69) is 13.8 Å². The van der Waals surface area contributed by atoms with Gasteiger partial charge in [0, 0.05) is 5.92 Å². The first-order chi connectivity index (χ1) is 7.36. The summed E-state index contributed by atoms with van der Waals surface area (Å²) in [4.78, 5) is 0. The second-order valence-corrected chi connectivity index (χ2v) is 6.90. The van der Waals surface area contributed by atoms with Crippen LogP contribution in [0.2, 0.25) is 0 Å². The third-order valence-electron chi connectivity index (χ3n) is 4.07. The van der Waals surface area contributed by atoms with Gasteiger partial charge in [0.15, 0.2) is 5.79 Å². The minimum atomic E-state index is -0.356. The van der Waals surface area contributed by atoms with Crippen molar-refractivity contribution in [2.45, 2.75) is 59.2 Å². The molecule has 2 nitrogen and oxygen atoms in total. The van der Waals surface area contributed by atoms with Crippen molar-refractivity contribution in [1.82, 2.24) is 0 Å². The molecule has 2 fully saturated rings. The summed E-state index contributed by atoms with van der Waals surface area (Å²) in [5.74, 6) is 1.16. The van der Waals surface area contributed by atoms with Crippen LogP contribution >= 0.6 is 0 Å². The Morgan fingerprint density at radius 2 is 1.62 bits per heavy atom. The zero-order valence-electron chi connectivity index (χ0n) is 11.2. The van der Waals surface area contributed by atoms with E-state index in [1.54, 1.807) is 0 Å². The van der Waals surface area contributed by atoms with E-state index in [1.165, 1.54) is 25.7 Å². The maximum Gasteiger partial charge on any atom is 0.162 e. The summed E-state index contributed by atoms with van der Waals surface area (Å²) in [6, 6.07) is 0. The molecule has 0 bridgehead atoms. The number of hydrogen-bond acceptors (Lipinski definition) is 2. The molecule has 16 heavy (non-hydrogen) atoms. The van der Waals surface area contributed by atoms with Crippen molar-refractivity contribution in [3.63, 3.8) is 0 Å². The average molecular weight is 226 g/mol. The van der Waals surface area contributed by atoms with Gasteiger partial charge in [-0.3, -0.25) is 0 Å². The maximum absolute atomic E-state index is 5.72. The van der Waals surface area contributed by atoms with Crippen LogP contribution in [0.25, 0.3) is 0 Å². The highest BCUT2D eigenvalue weighted by Crippen LogP contribution is 2.43. The van der Waals surface area contributed by atoms with E-state index in [9.17, 15) is 0 Å². The zero-order valence-corrected chi connectivity index (χ0v) is 11.2. The molecule has 2 heteroatoms. The van der Waals surface area contributed by atoms with Gasteiger partial charge in [-0.2, -0.15) is 0 Å². The molecule has 2 aliphatic rings. The van der Waals surface area contributed by atoms with E-state index < -0.39 is 0 Å². The van der Waals surface area contributed by atoms with Crippen LogP contribution in [0.4, 0.5) is 0 Å². The van der Waals surface area contributed by atoms with Gasteiger partial charge in [0.1, 0.15) is 0 Å². The minimum absolute atomic E-state index is 0.356. The Labute approximate surface area is 99.7 Å². The average Bonchev–Trinajstić information content (AvgIpc) is 2.50. The first-order valence-electron chi connectivity index (χ1n) is 6.64. The van der Waals surface area contributed by atoms with Gasteiger partial charge in [-0.15, -0.1) is 0 Å². The van der Waals surface area contributed by atoms with Crippen molar-refractivity contribution < 1.29 is 9.47 Å². The smallest absolute Gasteiger partial charge is 0.162 e. The van der Waals surface area contributed by atoms with Gasteiger partial charge < -0.3 is 9.47 Å². The largest absolute Gasteiger partial charge is 0.350 e. The molecule has 2 rings (SSSR count). The molecule has 0 radical (unpaired) electrons. The molecule has 0 spiro atoms. The minimum Gasteiger partial charge on any atom is -0.350 e. The van der Waals surface area contributed by atoms with E-state index in [4.69, 9.17) is 9.47 Å². The second kappa shape index (κ2) is 4.30. The van der Waals surface area contributed by atoms with E-state index >= 15 is 0 Å². The van der Waals surface area contributed by atoms with Gasteiger partial charge in [-0.05, 0) is 50.9 Å². The lowest BCUT2D eigenvalue weighted by Gasteiger charge is -2.36. The highest BCUT2D eigenvalue weighted by molar-refractivity contribution is 4.84. The van der Waals surface area contributed by atoms with E-state index in [0.29, 0.717) is 11.3 Å². The highest BCUT2D eigenvalue weighted by Gasteiger charge is 2.34. The van der Waals surface area contributed by atoms with Gasteiger partial charge in [-0.1, -0.05) is 13.8 Å². The fourth-order valence-corrected chi connectivity index (χ4v) is 3.12. The number of rotatable bonds is 2. The molecule has 0 aromatic carbocycles. The summed E-state index contributed by atoms with van der Waals surface area (Å²) in [6.45, 7) is 10.5. The summed E-state index contributed by atoms with van der Waals surface area (Å²) in [6.07, 6.45) is 5.46. The van der Waals surface area contributed by atoms with Crippen LogP contribution in [0, 0.1) is 17.3 Å². The van der Waals surface area contributed by atoms with Gasteiger partial charge >= 0.3 is 0 Å². The number of ether oxygens (including phenoxy) is 2. The predicted molar refractivity (Wildman–Crippen MR) is 65.2 cm³/mol. The molecule has 1 saturated carbocycles. The first kappa shape index (κ1) is 12.4. The molecule has 0 amide bonds. The number of hydrogen-bond donors (Lipinski definition) is 0. The second-order valence-electron chi connectivity index (χ2n) is 6.90. The molecule has 0 aromatic heterocycles. The Morgan fingerprint density at radius 1 is 1.00 bits per heavy atom. The van der Waals surface area contributed by atoms with Crippen LogP contribution in [0.3, 0.4) is 0 Å². The van der Waals surface area contributed by atoms with Crippen LogP contribution in [0.15, 0.2) is 0 Å². The lowest BCUT2D eigenvalue weighted by Crippen LogP contribution is -2.39. The molecule has 0 N–H and O–H groups in total. The Bertz CT molecular complexity index is 235. The monoisotopic (exact) mass is 226 g/mol. The Hall–Kier alpha value is -0.0800. The first-order valence-corrected chi connectivity index (χ1v) is 6.64. The standard InChI is InChI=1S/C14H26O2/c1-13(2)6-5-11(8-13)7-12-9-15-14(3,4)16-10-12/h11-12H,5-10H2,1-4H3. The van der Waals surface area contributed by atoms with Crippen LogP contribution in [0.1, 0.15) is 53.4 Å². The van der Waals surface area contributed by atoms with Crippen molar-refractivity contribution in [3.05, 3.63) is 0 Å². The molecule has 1 aliphatic heterocycles. The van der Waals surface area contributed by atoms with Gasteiger partial charge in [-0.25, -0.2) is 0 Å². The lowest BCUT2D eigenvalue weighted by molar-refractivity contribution is -0.263. The van der Waals surface area contributed by atoms with Crippen molar-refractivity contribution in [1.29, 1.82) is 0 Å². The third-order valence-corrected chi connectivity index (χ3v) is 4.07. The summed E-state index contributed by atoms with van der Waals surface area (Å²) in [5.41, 5.74) is 0.570. The normalized spacial score (nSPS) is 34.1. The molecule has 1 saturated heterocycles. The quantitative estimate of drug-likeness (QED) is 0.716. The summed E-state index contributed by atoms with van der Waals surface area (Å²) >= 11 is 0. The summed E-state index contributed by atoms with van der Waals surface area (Å²) in [5, 5.41) is 0. The fourth-order valence-electron chi connectivity index (χ4n) is 3.12. The SMILES string of the molecule is CC1(C)CCC(CC2COC(C)(C)OC2)C1. The lowest BCUT2D eigenvalue weighted by atomic mass is 9.87. The van der Waals surface area contributed by atoms with Gasteiger partial charge in [0.25, 0.3) is 0 Å². The maximum atomic E-state index is 5.72. The van der Waals surface area contributed by atoms with E-state index in [0.717, 1.165) is 19.1 Å². The molecule has 1 unspecified atom stereocenters. The Kier molecular flexibility index (Phi) is 3.33. The van der Waals surface area contributed by atoms with Crippen molar-refractivity contribution >= 4 is 0 Å². The topological polar surface area (TPSA) is 18.5 Å². The zero-order chi connectivity index (χ0) is 11.8. The molecule has 1 atom stereocenters. The van der Waals surface area contributed by atoms with Crippen LogP contribution < -0.4 is 0 Å². The van der Waals surface area contributed by atoms with Crippen molar-refractivity contribution in [2.75, 3.05) is 13.2 Å². The molecule has 94 valence electrons. The summed E-state index contributed by atoms with van der Waals surface area (Å²) in [7, 11) is 0. The molecule has 1 aliphatic carbocycles. The van der Waals surface area contributed by atoms with Gasteiger partial charge in [0.2, 0.25) is 0 Å². The van der Waals surface area contributed by atoms with Crippen LogP contribution in [-0.4, -0.2) is 19.0 Å². The van der Waals surface area contributed by atoms with Crippen LogP contribution in [-0.2, 0) is 9.47 Å². The molecule has 0 aromatic rings. The van der Waals surface area contributed by atoms with Crippen molar-refractivity contribution in [2.24, 2.45) is 17.3 Å². The highest BCUT2D eigenvalue weighted by atomic mass is 16.7. The molecule has 1 heterocycles. The van der Waals surface area contributed by atoms with Crippen LogP contribution in [0.5, 0.6) is 0 Å². The van der Waals surface area contributed by atoms with E-state index in [1.807, 2.05) is 13.8 Å². The Balaban J connectivity index is 1.76. The predicted octanol–water partition coefficient (Wildman–Crippen LogP) is 3.60. The molecular formula is C14H26O2. The third kappa shape index (κ3) is 3.21. The fraction of sp³-hybridized carbons (Fsp3) is 1.00. The summed E-state index contributed by atoms with van der Waals surface area (Å²) < 4.78 is 11.4. The Morgan fingerprint density at radius 3 is 2.12 bits per heavy atom. The van der Waals surface area contributed by atoms with Crippen molar-refractivity contribution in [3.8, 4) is 0 Å².